The van der Waals surface area contributed by atoms with Crippen molar-refractivity contribution in [1.29, 1.82) is 0 Å². The van der Waals surface area contributed by atoms with Crippen molar-refractivity contribution in [3.05, 3.63) is 42.2 Å². The lowest BCUT2D eigenvalue weighted by Crippen LogP contribution is -2.03. The van der Waals surface area contributed by atoms with E-state index in [1.807, 2.05) is 36.7 Å². The number of aromatic nitrogens is 2. The van der Waals surface area contributed by atoms with Crippen LogP contribution in [0.2, 0.25) is 0 Å². The number of hydrogen-bond acceptors (Lipinski definition) is 3. The Bertz CT molecular complexity index is 666. The first-order valence-electron chi connectivity index (χ1n) is 12.3. The average molecular weight is 411 g/mol. The molecule has 3 nitrogen and oxygen atoms in total. The summed E-state index contributed by atoms with van der Waals surface area (Å²) >= 11 is 0. The quantitative estimate of drug-likeness (QED) is 0.263. The molecule has 0 bridgehead atoms. The third kappa shape index (κ3) is 9.73. The van der Waals surface area contributed by atoms with Crippen molar-refractivity contribution < 1.29 is 4.74 Å². The summed E-state index contributed by atoms with van der Waals surface area (Å²) in [4.78, 5) is 9.16. The van der Waals surface area contributed by atoms with Crippen molar-refractivity contribution in [2.24, 2.45) is 5.92 Å². The molecule has 0 aliphatic heterocycles. The molecule has 0 saturated heterocycles. The van der Waals surface area contributed by atoms with E-state index < -0.39 is 0 Å². The Morgan fingerprint density at radius 3 is 2.00 bits per heavy atom. The first kappa shape index (κ1) is 24.4. The lowest BCUT2D eigenvalue weighted by Gasteiger charge is -2.10. The lowest BCUT2D eigenvalue weighted by molar-refractivity contribution is 0.282. The van der Waals surface area contributed by atoms with Crippen LogP contribution in [0.4, 0.5) is 0 Å². The van der Waals surface area contributed by atoms with E-state index in [1.54, 1.807) is 0 Å². The van der Waals surface area contributed by atoms with Crippen LogP contribution in [0.5, 0.6) is 5.75 Å². The zero-order valence-electron chi connectivity index (χ0n) is 19.5. The van der Waals surface area contributed by atoms with Crippen molar-refractivity contribution in [2.75, 3.05) is 6.61 Å². The maximum absolute atomic E-state index is 5.84. The summed E-state index contributed by atoms with van der Waals surface area (Å²) in [7, 11) is 0. The van der Waals surface area contributed by atoms with Crippen molar-refractivity contribution in [3.63, 3.8) is 0 Å². The summed E-state index contributed by atoms with van der Waals surface area (Å²) in [6.07, 6.45) is 19.6. The second-order valence-corrected chi connectivity index (χ2v) is 8.67. The fraction of sp³-hybridized carbons (Fsp3) is 0.630. The Hall–Kier alpha value is -1.90. The third-order valence-corrected chi connectivity index (χ3v) is 5.96. The summed E-state index contributed by atoms with van der Waals surface area (Å²) < 4.78 is 5.84. The molecular weight excluding hydrogens is 368 g/mol. The molecule has 0 N–H and O–H groups in total. The minimum absolute atomic E-state index is 0.715. The van der Waals surface area contributed by atoms with Crippen LogP contribution in [0.3, 0.4) is 0 Å². The van der Waals surface area contributed by atoms with E-state index >= 15 is 0 Å². The maximum atomic E-state index is 5.84. The topological polar surface area (TPSA) is 35.0 Å². The molecule has 2 aromatic rings. The normalized spacial score (nSPS) is 12.1. The Morgan fingerprint density at radius 1 is 0.800 bits per heavy atom. The van der Waals surface area contributed by atoms with Crippen molar-refractivity contribution in [3.8, 4) is 17.1 Å². The zero-order chi connectivity index (χ0) is 21.4. The molecule has 0 amide bonds. The Morgan fingerprint density at radius 2 is 1.40 bits per heavy atom. The number of hydrogen-bond donors (Lipinski definition) is 0. The average Bonchev–Trinajstić information content (AvgIpc) is 2.79. The van der Waals surface area contributed by atoms with E-state index in [0.717, 1.165) is 36.6 Å². The minimum Gasteiger partial charge on any atom is -0.494 e. The fourth-order valence-electron chi connectivity index (χ4n) is 3.56. The lowest BCUT2D eigenvalue weighted by atomic mass is 10.1. The van der Waals surface area contributed by atoms with Gasteiger partial charge in [-0.05, 0) is 55.0 Å². The minimum atomic E-state index is 0.715. The van der Waals surface area contributed by atoms with Crippen LogP contribution in [0.1, 0.15) is 97.0 Å². The van der Waals surface area contributed by atoms with E-state index in [-0.39, 0.29) is 0 Å². The molecule has 0 unspecified atom stereocenters. The van der Waals surface area contributed by atoms with Gasteiger partial charge >= 0.3 is 0 Å². The smallest absolute Gasteiger partial charge is 0.159 e. The first-order valence-corrected chi connectivity index (χ1v) is 12.3. The van der Waals surface area contributed by atoms with Crippen LogP contribution in [0.15, 0.2) is 36.7 Å². The predicted molar refractivity (Wildman–Crippen MR) is 128 cm³/mol. The Balaban J connectivity index is 1.66. The van der Waals surface area contributed by atoms with Gasteiger partial charge in [0.2, 0.25) is 0 Å². The molecule has 0 radical (unpaired) electrons. The van der Waals surface area contributed by atoms with Crippen LogP contribution in [0, 0.1) is 5.92 Å². The summed E-state index contributed by atoms with van der Waals surface area (Å²) in [6.45, 7) is 7.54. The van der Waals surface area contributed by atoms with E-state index in [9.17, 15) is 0 Å². The maximum Gasteiger partial charge on any atom is 0.159 e. The van der Waals surface area contributed by atoms with Gasteiger partial charge in [0.05, 0.1) is 6.61 Å². The SMILES string of the molecule is CCCCCCCCCCCc1cnc(-c2ccc(OCC[C@@H](C)CC)cc2)nc1. The van der Waals surface area contributed by atoms with Gasteiger partial charge < -0.3 is 4.74 Å². The first-order chi connectivity index (χ1) is 14.7. The van der Waals surface area contributed by atoms with Gasteiger partial charge in [0, 0.05) is 18.0 Å². The molecule has 1 heterocycles. The van der Waals surface area contributed by atoms with Crippen LogP contribution in [0.25, 0.3) is 11.4 Å². The summed E-state index contributed by atoms with van der Waals surface area (Å²) in [5.74, 6) is 2.42. The highest BCUT2D eigenvalue weighted by atomic mass is 16.5. The van der Waals surface area contributed by atoms with Gasteiger partial charge in [-0.3, -0.25) is 0 Å². The molecule has 1 aromatic heterocycles. The van der Waals surface area contributed by atoms with E-state index in [0.29, 0.717) is 5.92 Å². The van der Waals surface area contributed by atoms with E-state index in [2.05, 4.69) is 30.7 Å². The van der Waals surface area contributed by atoms with E-state index in [4.69, 9.17) is 4.74 Å². The number of aryl methyl sites for hydroxylation is 1. The largest absolute Gasteiger partial charge is 0.494 e. The van der Waals surface area contributed by atoms with Gasteiger partial charge in [-0.1, -0.05) is 78.6 Å². The number of benzene rings is 1. The molecule has 1 atom stereocenters. The summed E-state index contributed by atoms with van der Waals surface area (Å²) in [6, 6.07) is 8.14. The molecule has 0 aliphatic carbocycles. The molecule has 0 fully saturated rings. The van der Waals surface area contributed by atoms with Crippen LogP contribution in [-0.2, 0) is 6.42 Å². The second kappa shape index (κ2) is 15.0. The highest BCUT2D eigenvalue weighted by Crippen LogP contribution is 2.20. The molecule has 30 heavy (non-hydrogen) atoms. The Labute approximate surface area is 184 Å². The number of rotatable bonds is 16. The molecule has 1 aromatic carbocycles. The number of nitrogens with zero attached hydrogens (tertiary/aromatic N) is 2. The molecule has 0 saturated carbocycles. The molecule has 166 valence electrons. The molecule has 0 aliphatic rings. The van der Waals surface area contributed by atoms with Crippen LogP contribution in [-0.4, -0.2) is 16.6 Å². The standard InChI is InChI=1S/C27H42N2O/c1-4-6-7-8-9-10-11-12-13-14-24-21-28-27(29-22-24)25-15-17-26(18-16-25)30-20-19-23(3)5-2/h15-18,21-23H,4-14,19-20H2,1-3H3/t23-/m0/s1. The highest BCUT2D eigenvalue weighted by molar-refractivity contribution is 5.55. The predicted octanol–water partition coefficient (Wildman–Crippen LogP) is 8.03. The number of unbranched alkanes of at least 4 members (excludes halogenated alkanes) is 8. The molecule has 2 rings (SSSR count). The summed E-state index contributed by atoms with van der Waals surface area (Å²) in [5, 5.41) is 0. The molecule has 0 spiro atoms. The van der Waals surface area contributed by atoms with Gasteiger partial charge in [-0.25, -0.2) is 9.97 Å². The third-order valence-electron chi connectivity index (χ3n) is 5.96. The van der Waals surface area contributed by atoms with Crippen molar-refractivity contribution >= 4 is 0 Å². The van der Waals surface area contributed by atoms with Gasteiger partial charge in [0.15, 0.2) is 5.82 Å². The fourth-order valence-corrected chi connectivity index (χ4v) is 3.56. The Kier molecular flexibility index (Phi) is 12.2. The van der Waals surface area contributed by atoms with Crippen molar-refractivity contribution in [1.82, 2.24) is 9.97 Å². The van der Waals surface area contributed by atoms with Gasteiger partial charge in [0.1, 0.15) is 5.75 Å². The second-order valence-electron chi connectivity index (χ2n) is 8.67. The van der Waals surface area contributed by atoms with Crippen LogP contribution >= 0.6 is 0 Å². The molecule has 3 heteroatoms. The number of ether oxygens (including phenoxy) is 1. The van der Waals surface area contributed by atoms with Crippen LogP contribution < -0.4 is 4.74 Å². The summed E-state index contributed by atoms with van der Waals surface area (Å²) in [5.41, 5.74) is 2.28. The molecular formula is C27H42N2O. The van der Waals surface area contributed by atoms with Gasteiger partial charge in [-0.15, -0.1) is 0 Å². The van der Waals surface area contributed by atoms with Crippen molar-refractivity contribution in [2.45, 2.75) is 97.8 Å². The zero-order valence-corrected chi connectivity index (χ0v) is 19.5. The monoisotopic (exact) mass is 410 g/mol. The van der Waals surface area contributed by atoms with Gasteiger partial charge in [-0.2, -0.15) is 0 Å². The van der Waals surface area contributed by atoms with Gasteiger partial charge in [0.25, 0.3) is 0 Å². The van der Waals surface area contributed by atoms with E-state index in [1.165, 1.54) is 69.8 Å². The highest BCUT2D eigenvalue weighted by Gasteiger charge is 2.04.